The first-order valence-corrected chi connectivity index (χ1v) is 7.20. The number of benzene rings is 1. The van der Waals surface area contributed by atoms with Gasteiger partial charge in [-0.2, -0.15) is 0 Å². The summed E-state index contributed by atoms with van der Waals surface area (Å²) in [6, 6.07) is 7.79. The number of carboxylic acid groups (broad SMARTS) is 1. The van der Waals surface area contributed by atoms with E-state index in [0.29, 0.717) is 6.42 Å². The van der Waals surface area contributed by atoms with Crippen molar-refractivity contribution in [1.82, 2.24) is 0 Å². The number of aliphatic carboxylic acids is 1. The summed E-state index contributed by atoms with van der Waals surface area (Å²) in [5, 5.41) is 9.26. The molecule has 2 nitrogen and oxygen atoms in total. The number of carboxylic acids is 1. The molecule has 0 aliphatic carbocycles. The Labute approximate surface area is 120 Å². The molecule has 1 rings (SSSR count). The van der Waals surface area contributed by atoms with Crippen molar-refractivity contribution in [1.29, 1.82) is 0 Å². The molecule has 0 spiro atoms. The van der Waals surface area contributed by atoms with Crippen LogP contribution in [-0.2, 0) is 4.79 Å². The Morgan fingerprint density at radius 3 is 2.37 bits per heavy atom. The minimum Gasteiger partial charge on any atom is -0.481 e. The van der Waals surface area contributed by atoms with Crippen molar-refractivity contribution in [2.45, 2.75) is 44.9 Å². The topological polar surface area (TPSA) is 37.3 Å². The van der Waals surface area contributed by atoms with Crippen molar-refractivity contribution in [3.63, 3.8) is 0 Å². The third kappa shape index (κ3) is 8.44. The van der Waals surface area contributed by atoms with Crippen molar-refractivity contribution in [2.24, 2.45) is 0 Å². The van der Waals surface area contributed by atoms with Gasteiger partial charge in [-0.15, -0.1) is 0 Å². The molecule has 0 heterocycles. The fourth-order valence-corrected chi connectivity index (χ4v) is 1.99. The summed E-state index contributed by atoms with van der Waals surface area (Å²) in [5.41, 5.74) is 1.17. The Morgan fingerprint density at radius 1 is 1.05 bits per heavy atom. The molecule has 0 saturated carbocycles. The van der Waals surface area contributed by atoms with Gasteiger partial charge in [-0.1, -0.05) is 55.1 Å². The molecule has 0 saturated heterocycles. The number of hydrogen-bond acceptors (Lipinski definition) is 1. The van der Waals surface area contributed by atoms with E-state index in [-0.39, 0.29) is 0 Å². The predicted molar refractivity (Wildman–Crippen MR) is 80.4 cm³/mol. The lowest BCUT2D eigenvalue weighted by molar-refractivity contribution is -0.137. The highest BCUT2D eigenvalue weighted by atomic mass is 35.5. The quantitative estimate of drug-likeness (QED) is 0.634. The molecule has 0 bridgehead atoms. The van der Waals surface area contributed by atoms with Gasteiger partial charge in [-0.25, -0.2) is 0 Å². The molecule has 104 valence electrons. The summed E-state index contributed by atoms with van der Waals surface area (Å²) >= 11 is 5.81. The predicted octanol–water partition coefficient (Wildman–Crippen LogP) is 5.17. The van der Waals surface area contributed by atoms with Crippen LogP contribution in [0.25, 0.3) is 6.08 Å². The molecule has 19 heavy (non-hydrogen) atoms. The molecule has 0 aliphatic rings. The highest BCUT2D eigenvalue weighted by molar-refractivity contribution is 6.30. The molecule has 0 radical (unpaired) electrons. The average Bonchev–Trinajstić information content (AvgIpc) is 2.38. The number of hydrogen-bond donors (Lipinski definition) is 1. The summed E-state index contributed by atoms with van der Waals surface area (Å²) in [6.45, 7) is 0. The van der Waals surface area contributed by atoms with Gasteiger partial charge >= 0.3 is 5.97 Å². The Kier molecular flexibility index (Phi) is 7.99. The van der Waals surface area contributed by atoms with Crippen LogP contribution < -0.4 is 0 Å². The molecule has 1 aromatic carbocycles. The average molecular weight is 281 g/mol. The molecule has 0 fully saturated rings. The summed E-state index contributed by atoms with van der Waals surface area (Å²) in [4.78, 5) is 10.3. The minimum absolute atomic E-state index is 0.302. The molecule has 0 aliphatic heterocycles. The van der Waals surface area contributed by atoms with Gasteiger partial charge in [0.05, 0.1) is 0 Å². The van der Waals surface area contributed by atoms with Gasteiger partial charge in [0.1, 0.15) is 0 Å². The lowest BCUT2D eigenvalue weighted by Crippen LogP contribution is -1.93. The fourth-order valence-electron chi connectivity index (χ4n) is 1.86. The largest absolute Gasteiger partial charge is 0.481 e. The van der Waals surface area contributed by atoms with Gasteiger partial charge < -0.3 is 5.11 Å². The number of carbonyl (C=O) groups is 1. The third-order valence-electron chi connectivity index (χ3n) is 2.94. The second-order valence-electron chi connectivity index (χ2n) is 4.65. The van der Waals surface area contributed by atoms with Gasteiger partial charge in [0, 0.05) is 11.4 Å². The molecule has 1 N–H and O–H groups in total. The Balaban J connectivity index is 2.01. The second-order valence-corrected chi connectivity index (χ2v) is 5.09. The molecule has 0 unspecified atom stereocenters. The maximum Gasteiger partial charge on any atom is 0.303 e. The van der Waals surface area contributed by atoms with E-state index in [1.165, 1.54) is 12.0 Å². The Bertz CT molecular complexity index is 396. The van der Waals surface area contributed by atoms with Crippen LogP contribution in [0.1, 0.15) is 50.5 Å². The standard InChI is InChI=1S/C16H21ClO2/c17-15-12-10-14(11-13-15)8-6-4-2-1-3-5-7-9-16(18)19/h6,8,10-13H,1-5,7,9H2,(H,18,19)/b8-6-. The van der Waals surface area contributed by atoms with Gasteiger partial charge in [-0.3, -0.25) is 4.79 Å². The van der Waals surface area contributed by atoms with E-state index in [9.17, 15) is 4.79 Å². The van der Waals surface area contributed by atoms with Gasteiger partial charge in [0.15, 0.2) is 0 Å². The lowest BCUT2D eigenvalue weighted by atomic mass is 10.1. The summed E-state index contributed by atoms with van der Waals surface area (Å²) < 4.78 is 0. The number of rotatable bonds is 9. The second kappa shape index (κ2) is 9.62. The summed E-state index contributed by atoms with van der Waals surface area (Å²) in [5.74, 6) is -0.689. The molecular formula is C16H21ClO2. The third-order valence-corrected chi connectivity index (χ3v) is 3.19. The first kappa shape index (κ1) is 15.8. The first-order valence-electron chi connectivity index (χ1n) is 6.82. The Hall–Kier alpha value is -1.28. The van der Waals surface area contributed by atoms with E-state index in [1.54, 1.807) is 0 Å². The van der Waals surface area contributed by atoms with Gasteiger partial charge in [0.2, 0.25) is 0 Å². The van der Waals surface area contributed by atoms with Crippen molar-refractivity contribution in [3.8, 4) is 0 Å². The van der Waals surface area contributed by atoms with E-state index in [1.807, 2.05) is 24.3 Å². The number of allylic oxidation sites excluding steroid dienone is 1. The lowest BCUT2D eigenvalue weighted by Gasteiger charge is -1.98. The zero-order valence-electron chi connectivity index (χ0n) is 11.1. The normalized spacial score (nSPS) is 11.0. The fraction of sp³-hybridized carbons (Fsp3) is 0.438. The van der Waals surface area contributed by atoms with Crippen molar-refractivity contribution in [3.05, 3.63) is 40.9 Å². The number of unbranched alkanes of at least 4 members (excludes halogenated alkanes) is 5. The smallest absolute Gasteiger partial charge is 0.303 e. The van der Waals surface area contributed by atoms with E-state index in [2.05, 4.69) is 12.2 Å². The van der Waals surface area contributed by atoms with Crippen molar-refractivity contribution < 1.29 is 9.90 Å². The minimum atomic E-state index is -0.689. The van der Waals surface area contributed by atoms with Crippen LogP contribution in [0.15, 0.2) is 30.3 Å². The summed E-state index contributed by atoms with van der Waals surface area (Å²) in [7, 11) is 0. The molecule has 1 aromatic rings. The monoisotopic (exact) mass is 280 g/mol. The van der Waals surface area contributed by atoms with E-state index in [0.717, 1.165) is 37.1 Å². The Morgan fingerprint density at radius 2 is 1.68 bits per heavy atom. The highest BCUT2D eigenvalue weighted by Crippen LogP contribution is 2.12. The number of halogens is 1. The van der Waals surface area contributed by atoms with E-state index >= 15 is 0 Å². The van der Waals surface area contributed by atoms with Crippen LogP contribution in [0.2, 0.25) is 5.02 Å². The molecule has 0 aromatic heterocycles. The van der Waals surface area contributed by atoms with Crippen LogP contribution >= 0.6 is 11.6 Å². The highest BCUT2D eigenvalue weighted by Gasteiger charge is 1.95. The molecular weight excluding hydrogens is 260 g/mol. The van der Waals surface area contributed by atoms with E-state index < -0.39 is 5.97 Å². The van der Waals surface area contributed by atoms with Crippen LogP contribution in [0.4, 0.5) is 0 Å². The van der Waals surface area contributed by atoms with Crippen LogP contribution in [0, 0.1) is 0 Å². The zero-order chi connectivity index (χ0) is 13.9. The van der Waals surface area contributed by atoms with Crippen molar-refractivity contribution >= 4 is 23.6 Å². The summed E-state index contributed by atoms with van der Waals surface area (Å²) in [6.07, 6.45) is 11.0. The van der Waals surface area contributed by atoms with Crippen LogP contribution in [0.5, 0.6) is 0 Å². The maximum atomic E-state index is 10.3. The SMILES string of the molecule is O=C(O)CCCCCCC/C=C\c1ccc(Cl)cc1. The molecule has 0 atom stereocenters. The zero-order valence-corrected chi connectivity index (χ0v) is 11.9. The van der Waals surface area contributed by atoms with Gasteiger partial charge in [-0.05, 0) is 37.0 Å². The maximum absolute atomic E-state index is 10.3. The van der Waals surface area contributed by atoms with Gasteiger partial charge in [0.25, 0.3) is 0 Å². The van der Waals surface area contributed by atoms with Crippen LogP contribution in [-0.4, -0.2) is 11.1 Å². The van der Waals surface area contributed by atoms with Crippen molar-refractivity contribution in [2.75, 3.05) is 0 Å². The molecule has 3 heteroatoms. The molecule has 0 amide bonds. The first-order chi connectivity index (χ1) is 9.18. The van der Waals surface area contributed by atoms with Crippen LogP contribution in [0.3, 0.4) is 0 Å². The van der Waals surface area contributed by atoms with E-state index in [4.69, 9.17) is 16.7 Å².